The zero-order valence-corrected chi connectivity index (χ0v) is 12.0. The summed E-state index contributed by atoms with van der Waals surface area (Å²) in [4.78, 5) is 16.1. The van der Waals surface area contributed by atoms with E-state index in [1.165, 1.54) is 0 Å². The molecule has 0 aliphatic heterocycles. The summed E-state index contributed by atoms with van der Waals surface area (Å²) in [5, 5.41) is 6.89. The number of benzene rings is 1. The number of fused-ring (bicyclic) bond motifs is 1. The van der Waals surface area contributed by atoms with Crippen LogP contribution in [0.3, 0.4) is 0 Å². The van der Waals surface area contributed by atoms with Crippen LogP contribution in [0.5, 0.6) is 0 Å². The highest BCUT2D eigenvalue weighted by molar-refractivity contribution is 5.99. The molecule has 1 amide bonds. The second-order valence-corrected chi connectivity index (χ2v) is 5.75. The molecule has 0 radical (unpaired) electrons. The van der Waals surface area contributed by atoms with Crippen molar-refractivity contribution in [2.45, 2.75) is 26.3 Å². The van der Waals surface area contributed by atoms with Crippen LogP contribution in [0.15, 0.2) is 30.5 Å². The maximum absolute atomic E-state index is 11.8. The average molecular weight is 272 g/mol. The fourth-order valence-electron chi connectivity index (χ4n) is 1.98. The Kier molecular flexibility index (Phi) is 3.79. The Bertz CT molecular complexity index is 631. The van der Waals surface area contributed by atoms with Gasteiger partial charge in [0.1, 0.15) is 0 Å². The first-order valence-electron chi connectivity index (χ1n) is 6.55. The molecular weight excluding hydrogens is 252 g/mol. The molecule has 106 valence electrons. The van der Waals surface area contributed by atoms with Crippen LogP contribution in [0.2, 0.25) is 0 Å². The number of anilines is 2. The van der Waals surface area contributed by atoms with Gasteiger partial charge in [-0.25, -0.2) is 0 Å². The topological polar surface area (TPSA) is 80.0 Å². The molecule has 0 spiro atoms. The first-order chi connectivity index (χ1) is 9.37. The number of hydrogen-bond donors (Lipinski definition) is 3. The van der Waals surface area contributed by atoms with E-state index in [4.69, 9.17) is 5.73 Å². The number of nitrogens with one attached hydrogen (secondary N) is 2. The minimum absolute atomic E-state index is 0.0570. The molecular formula is C15H20N4O. The number of carbonyl (C=O) groups excluding carboxylic acids is 1. The molecule has 1 aromatic heterocycles. The molecule has 0 atom stereocenters. The lowest BCUT2D eigenvalue weighted by molar-refractivity contribution is -0.120. The molecule has 1 aromatic carbocycles. The van der Waals surface area contributed by atoms with Gasteiger partial charge < -0.3 is 16.4 Å². The van der Waals surface area contributed by atoms with Crippen LogP contribution in [0.4, 0.5) is 11.4 Å². The van der Waals surface area contributed by atoms with Gasteiger partial charge in [0, 0.05) is 22.8 Å². The molecule has 5 heteroatoms. The Hall–Kier alpha value is -2.30. The zero-order valence-electron chi connectivity index (χ0n) is 12.0. The maximum Gasteiger partial charge on any atom is 0.239 e. The number of hydrogen-bond acceptors (Lipinski definition) is 4. The normalized spacial score (nSPS) is 11.3. The van der Waals surface area contributed by atoms with E-state index in [-0.39, 0.29) is 18.0 Å². The third-order valence-corrected chi connectivity index (χ3v) is 2.76. The summed E-state index contributed by atoms with van der Waals surface area (Å²) < 4.78 is 0. The molecule has 1 heterocycles. The molecule has 0 aliphatic carbocycles. The Labute approximate surface area is 118 Å². The van der Waals surface area contributed by atoms with Crippen LogP contribution in [0.25, 0.3) is 10.9 Å². The lowest BCUT2D eigenvalue weighted by Gasteiger charge is -2.21. The Morgan fingerprint density at radius 1 is 1.30 bits per heavy atom. The van der Waals surface area contributed by atoms with Gasteiger partial charge in [0.2, 0.25) is 5.91 Å². The monoisotopic (exact) mass is 272 g/mol. The van der Waals surface area contributed by atoms with Gasteiger partial charge in [0.15, 0.2) is 0 Å². The van der Waals surface area contributed by atoms with Crippen LogP contribution >= 0.6 is 0 Å². The maximum atomic E-state index is 11.8. The van der Waals surface area contributed by atoms with E-state index in [1.807, 2.05) is 45.0 Å². The summed E-state index contributed by atoms with van der Waals surface area (Å²) >= 11 is 0. The van der Waals surface area contributed by atoms with Crippen molar-refractivity contribution < 1.29 is 4.79 Å². The highest BCUT2D eigenvalue weighted by Gasteiger charge is 2.13. The minimum atomic E-state index is -0.236. The zero-order chi connectivity index (χ0) is 14.8. The van der Waals surface area contributed by atoms with Crippen LogP contribution in [-0.4, -0.2) is 23.0 Å². The predicted molar refractivity (Wildman–Crippen MR) is 82.5 cm³/mol. The van der Waals surface area contributed by atoms with E-state index in [9.17, 15) is 4.79 Å². The minimum Gasteiger partial charge on any atom is -0.398 e. The molecule has 2 aromatic rings. The van der Waals surface area contributed by atoms with Gasteiger partial charge in [-0.05, 0) is 45.0 Å². The molecule has 4 N–H and O–H groups in total. The van der Waals surface area contributed by atoms with Gasteiger partial charge in [-0.3, -0.25) is 9.78 Å². The summed E-state index contributed by atoms with van der Waals surface area (Å²) in [6.07, 6.45) is 1.71. The number of aromatic nitrogens is 1. The van der Waals surface area contributed by atoms with Crippen molar-refractivity contribution in [3.05, 3.63) is 30.5 Å². The Morgan fingerprint density at radius 3 is 2.75 bits per heavy atom. The fraction of sp³-hybridized carbons (Fsp3) is 0.333. The number of amides is 1. The average Bonchev–Trinajstić information content (AvgIpc) is 2.36. The first-order valence-corrected chi connectivity index (χ1v) is 6.55. The molecule has 0 unspecified atom stereocenters. The third kappa shape index (κ3) is 3.38. The summed E-state index contributed by atoms with van der Waals surface area (Å²) in [5.41, 5.74) is 7.94. The molecule has 20 heavy (non-hydrogen) atoms. The highest BCUT2D eigenvalue weighted by atomic mass is 16.2. The van der Waals surface area contributed by atoms with Crippen LogP contribution < -0.4 is 16.4 Å². The molecule has 0 aliphatic rings. The van der Waals surface area contributed by atoms with E-state index < -0.39 is 0 Å². The molecule has 0 bridgehead atoms. The van der Waals surface area contributed by atoms with E-state index in [1.54, 1.807) is 6.20 Å². The summed E-state index contributed by atoms with van der Waals surface area (Å²) in [5.74, 6) is -0.0570. The van der Waals surface area contributed by atoms with E-state index in [0.717, 1.165) is 16.6 Å². The smallest absolute Gasteiger partial charge is 0.239 e. The standard InChI is InChI=1S/C15H20N4O/c1-15(2,3)19-13(20)9-18-12-7-6-11(16)10-5-4-8-17-14(10)12/h4-8,18H,9,16H2,1-3H3,(H,19,20). The largest absolute Gasteiger partial charge is 0.398 e. The number of nitrogens with two attached hydrogens (primary N) is 1. The molecule has 2 rings (SSSR count). The van der Waals surface area contributed by atoms with E-state index in [0.29, 0.717) is 5.69 Å². The second kappa shape index (κ2) is 5.36. The number of rotatable bonds is 3. The van der Waals surface area contributed by atoms with Crippen LogP contribution in [-0.2, 0) is 4.79 Å². The van der Waals surface area contributed by atoms with E-state index >= 15 is 0 Å². The van der Waals surface area contributed by atoms with Crippen molar-refractivity contribution in [1.82, 2.24) is 10.3 Å². The quantitative estimate of drug-likeness (QED) is 0.748. The fourth-order valence-corrected chi connectivity index (χ4v) is 1.98. The van der Waals surface area contributed by atoms with Crippen molar-refractivity contribution in [3.8, 4) is 0 Å². The number of nitrogen functional groups attached to an aromatic ring is 1. The van der Waals surface area contributed by atoms with Crippen molar-refractivity contribution in [3.63, 3.8) is 0 Å². The summed E-state index contributed by atoms with van der Waals surface area (Å²) in [6.45, 7) is 6.05. The summed E-state index contributed by atoms with van der Waals surface area (Å²) in [6, 6.07) is 7.41. The van der Waals surface area contributed by atoms with Gasteiger partial charge in [0.25, 0.3) is 0 Å². The molecule has 0 fully saturated rings. The van der Waals surface area contributed by atoms with Gasteiger partial charge in [-0.1, -0.05) is 0 Å². The van der Waals surface area contributed by atoms with Crippen molar-refractivity contribution in [1.29, 1.82) is 0 Å². The first kappa shape index (κ1) is 14.1. The van der Waals surface area contributed by atoms with Gasteiger partial charge in [-0.2, -0.15) is 0 Å². The number of nitrogens with zero attached hydrogens (tertiary/aromatic N) is 1. The van der Waals surface area contributed by atoms with E-state index in [2.05, 4.69) is 15.6 Å². The van der Waals surface area contributed by atoms with Crippen molar-refractivity contribution >= 4 is 28.2 Å². The van der Waals surface area contributed by atoms with Gasteiger partial charge >= 0.3 is 0 Å². The van der Waals surface area contributed by atoms with Gasteiger partial charge in [0.05, 0.1) is 17.7 Å². The van der Waals surface area contributed by atoms with Crippen LogP contribution in [0, 0.1) is 0 Å². The van der Waals surface area contributed by atoms with Crippen LogP contribution in [0.1, 0.15) is 20.8 Å². The highest BCUT2D eigenvalue weighted by Crippen LogP contribution is 2.25. The predicted octanol–water partition coefficient (Wildman–Crippen LogP) is 2.14. The van der Waals surface area contributed by atoms with Crippen molar-refractivity contribution in [2.75, 3.05) is 17.6 Å². The Balaban J connectivity index is 2.15. The van der Waals surface area contributed by atoms with Gasteiger partial charge in [-0.15, -0.1) is 0 Å². The number of pyridine rings is 1. The molecule has 0 saturated carbocycles. The summed E-state index contributed by atoms with van der Waals surface area (Å²) in [7, 11) is 0. The molecule has 5 nitrogen and oxygen atoms in total. The third-order valence-electron chi connectivity index (χ3n) is 2.76. The number of carbonyl (C=O) groups is 1. The Morgan fingerprint density at radius 2 is 2.05 bits per heavy atom. The van der Waals surface area contributed by atoms with Crippen molar-refractivity contribution in [2.24, 2.45) is 0 Å². The molecule has 0 saturated heterocycles. The lowest BCUT2D eigenvalue weighted by Crippen LogP contribution is -2.43. The lowest BCUT2D eigenvalue weighted by atomic mass is 10.1. The second-order valence-electron chi connectivity index (χ2n) is 5.75. The SMILES string of the molecule is CC(C)(C)NC(=O)CNc1ccc(N)c2cccnc12.